The van der Waals surface area contributed by atoms with E-state index in [4.69, 9.17) is 11.6 Å². The fraction of sp³-hybridized carbons (Fsp3) is 0.500. The molecule has 1 aromatic rings. The molecule has 1 N–H and O–H groups in total. The van der Waals surface area contributed by atoms with Gasteiger partial charge in [-0.15, -0.1) is 0 Å². The highest BCUT2D eigenvalue weighted by Gasteiger charge is 2.18. The van der Waals surface area contributed by atoms with Gasteiger partial charge in [0, 0.05) is 25.2 Å². The van der Waals surface area contributed by atoms with Crippen molar-refractivity contribution in [3.05, 3.63) is 34.9 Å². The summed E-state index contributed by atoms with van der Waals surface area (Å²) in [4.78, 5) is 0. The number of rotatable bonds is 7. The minimum absolute atomic E-state index is 0.0990. The largest absolute Gasteiger partial charge is 0.316 e. The molecule has 0 saturated heterocycles. The lowest BCUT2D eigenvalue weighted by Gasteiger charge is -2.18. The van der Waals surface area contributed by atoms with Crippen LogP contribution in [0.25, 0.3) is 0 Å². The number of sulfonamides is 1. The van der Waals surface area contributed by atoms with Gasteiger partial charge in [-0.2, -0.15) is 0 Å². The lowest BCUT2D eigenvalue weighted by molar-refractivity contribution is 0.465. The highest BCUT2D eigenvalue weighted by atomic mass is 35.5. The Morgan fingerprint density at radius 2 is 2.00 bits per heavy atom. The Morgan fingerprint density at radius 3 is 2.61 bits per heavy atom. The summed E-state index contributed by atoms with van der Waals surface area (Å²) >= 11 is 6.01. The minimum Gasteiger partial charge on any atom is -0.316 e. The summed E-state index contributed by atoms with van der Waals surface area (Å²) in [6, 6.07) is 7.26. The Kier molecular flexibility index (Phi) is 6.08. The molecule has 0 radical (unpaired) electrons. The van der Waals surface area contributed by atoms with E-state index in [2.05, 4.69) is 5.32 Å². The van der Waals surface area contributed by atoms with Gasteiger partial charge < -0.3 is 5.32 Å². The predicted molar refractivity (Wildman–Crippen MR) is 75.2 cm³/mol. The van der Waals surface area contributed by atoms with Crippen LogP contribution in [0, 0.1) is 0 Å². The van der Waals surface area contributed by atoms with Crippen LogP contribution >= 0.6 is 11.6 Å². The molecule has 0 amide bonds. The van der Waals surface area contributed by atoms with Crippen molar-refractivity contribution in [3.63, 3.8) is 0 Å². The fourth-order valence-corrected chi connectivity index (χ4v) is 2.74. The van der Waals surface area contributed by atoms with Gasteiger partial charge in [-0.25, -0.2) is 12.7 Å². The molecule has 4 nitrogen and oxygen atoms in total. The maximum Gasteiger partial charge on any atom is 0.215 e. The Morgan fingerprint density at radius 1 is 1.33 bits per heavy atom. The summed E-state index contributed by atoms with van der Waals surface area (Å²) in [5.74, 6) is 0.0990. The summed E-state index contributed by atoms with van der Waals surface area (Å²) in [6.07, 6.45) is 0. The van der Waals surface area contributed by atoms with Gasteiger partial charge in [-0.3, -0.25) is 0 Å². The Balaban J connectivity index is 2.64. The lowest BCUT2D eigenvalue weighted by Crippen LogP contribution is -2.33. The molecule has 0 aliphatic rings. The van der Waals surface area contributed by atoms with E-state index in [-0.39, 0.29) is 5.75 Å². The summed E-state index contributed by atoms with van der Waals surface area (Å²) in [7, 11) is -1.66. The van der Waals surface area contributed by atoms with E-state index >= 15 is 0 Å². The predicted octanol–water partition coefficient (Wildman–Crippen LogP) is 1.71. The average Bonchev–Trinajstić information content (AvgIpc) is 2.32. The van der Waals surface area contributed by atoms with E-state index in [1.54, 1.807) is 13.1 Å². The second kappa shape index (κ2) is 7.09. The van der Waals surface area contributed by atoms with E-state index in [0.717, 1.165) is 12.1 Å². The van der Waals surface area contributed by atoms with Gasteiger partial charge in [0.05, 0.1) is 5.75 Å². The zero-order chi connectivity index (χ0) is 13.6. The third-order valence-electron chi connectivity index (χ3n) is 2.61. The molecule has 102 valence electrons. The summed E-state index contributed by atoms with van der Waals surface area (Å²) < 4.78 is 25.3. The quantitative estimate of drug-likeness (QED) is 0.778. The van der Waals surface area contributed by atoms with Gasteiger partial charge in [0.15, 0.2) is 0 Å². The first-order valence-electron chi connectivity index (χ1n) is 5.85. The van der Waals surface area contributed by atoms with Crippen LogP contribution in [0.15, 0.2) is 24.3 Å². The van der Waals surface area contributed by atoms with Gasteiger partial charge >= 0.3 is 0 Å². The molecule has 0 aliphatic heterocycles. The molecule has 0 aliphatic carbocycles. The molecule has 0 spiro atoms. The maximum absolute atomic E-state index is 12.0. The minimum atomic E-state index is -3.24. The van der Waals surface area contributed by atoms with Crippen molar-refractivity contribution in [1.29, 1.82) is 0 Å². The molecule has 0 heterocycles. The van der Waals surface area contributed by atoms with E-state index in [9.17, 15) is 8.42 Å². The van der Waals surface area contributed by atoms with Crippen LogP contribution in [0.2, 0.25) is 5.02 Å². The summed E-state index contributed by atoms with van der Waals surface area (Å²) in [5, 5.41) is 3.59. The zero-order valence-electron chi connectivity index (χ0n) is 10.7. The Hall–Kier alpha value is -0.620. The SMILES string of the molecule is CCNCCS(=O)(=O)N(C)Cc1ccccc1Cl. The summed E-state index contributed by atoms with van der Waals surface area (Å²) in [6.45, 7) is 3.48. The van der Waals surface area contributed by atoms with Gasteiger partial charge in [0.2, 0.25) is 10.0 Å². The van der Waals surface area contributed by atoms with Crippen LogP contribution in [0.3, 0.4) is 0 Å². The standard InChI is InChI=1S/C12H19ClN2O2S/c1-3-14-8-9-18(16,17)15(2)10-11-6-4-5-7-12(11)13/h4-7,14H,3,8-10H2,1-2H3. The molecular weight excluding hydrogens is 272 g/mol. The van der Waals surface area contributed by atoms with Crippen LogP contribution in [-0.4, -0.2) is 38.6 Å². The number of halogens is 1. The number of nitrogens with zero attached hydrogens (tertiary/aromatic N) is 1. The van der Waals surface area contributed by atoms with Crippen LogP contribution in [0.5, 0.6) is 0 Å². The van der Waals surface area contributed by atoms with Crippen molar-refractivity contribution in [3.8, 4) is 0 Å². The molecule has 0 bridgehead atoms. The average molecular weight is 291 g/mol. The first-order valence-corrected chi connectivity index (χ1v) is 7.84. The van der Waals surface area contributed by atoms with Crippen molar-refractivity contribution in [2.45, 2.75) is 13.5 Å². The molecule has 6 heteroatoms. The molecule has 0 unspecified atom stereocenters. The molecule has 1 aromatic carbocycles. The van der Waals surface area contributed by atoms with Crippen LogP contribution in [-0.2, 0) is 16.6 Å². The van der Waals surface area contributed by atoms with Gasteiger partial charge in [-0.05, 0) is 18.2 Å². The van der Waals surface area contributed by atoms with Crippen molar-refractivity contribution < 1.29 is 8.42 Å². The van der Waals surface area contributed by atoms with E-state index in [1.165, 1.54) is 4.31 Å². The van der Waals surface area contributed by atoms with Gasteiger partial charge in [0.25, 0.3) is 0 Å². The Bertz CT molecular complexity index is 477. The van der Waals surface area contributed by atoms with Gasteiger partial charge in [-0.1, -0.05) is 36.7 Å². The number of hydrogen-bond donors (Lipinski definition) is 1. The summed E-state index contributed by atoms with van der Waals surface area (Å²) in [5.41, 5.74) is 0.814. The maximum atomic E-state index is 12.0. The number of nitrogens with one attached hydrogen (secondary N) is 1. The molecule has 1 rings (SSSR count). The lowest BCUT2D eigenvalue weighted by atomic mass is 10.2. The van der Waals surface area contributed by atoms with Crippen LogP contribution in [0.4, 0.5) is 0 Å². The van der Waals surface area contributed by atoms with Crippen molar-refractivity contribution >= 4 is 21.6 Å². The fourth-order valence-electron chi connectivity index (χ4n) is 1.50. The second-order valence-corrected chi connectivity index (χ2v) is 6.62. The van der Waals surface area contributed by atoms with E-state index < -0.39 is 10.0 Å². The normalized spacial score (nSPS) is 12.0. The molecule has 0 fully saturated rings. The topological polar surface area (TPSA) is 49.4 Å². The molecule has 18 heavy (non-hydrogen) atoms. The van der Waals surface area contributed by atoms with Crippen LogP contribution in [0.1, 0.15) is 12.5 Å². The number of hydrogen-bond acceptors (Lipinski definition) is 3. The molecular formula is C12H19ClN2O2S. The first kappa shape index (κ1) is 15.4. The Labute approximate surface area is 114 Å². The van der Waals surface area contributed by atoms with Gasteiger partial charge in [0.1, 0.15) is 0 Å². The zero-order valence-corrected chi connectivity index (χ0v) is 12.3. The van der Waals surface area contributed by atoms with E-state index in [0.29, 0.717) is 18.1 Å². The first-order chi connectivity index (χ1) is 8.47. The highest BCUT2D eigenvalue weighted by Crippen LogP contribution is 2.17. The smallest absolute Gasteiger partial charge is 0.215 e. The monoisotopic (exact) mass is 290 g/mol. The van der Waals surface area contributed by atoms with Crippen LogP contribution < -0.4 is 5.32 Å². The second-order valence-electron chi connectivity index (χ2n) is 4.02. The third kappa shape index (κ3) is 4.57. The van der Waals surface area contributed by atoms with E-state index in [1.807, 2.05) is 25.1 Å². The molecule has 0 atom stereocenters. The molecule has 0 aromatic heterocycles. The molecule has 0 saturated carbocycles. The third-order valence-corrected chi connectivity index (χ3v) is 4.78. The highest BCUT2D eigenvalue weighted by molar-refractivity contribution is 7.89. The van der Waals surface area contributed by atoms with Crippen molar-refractivity contribution in [2.24, 2.45) is 0 Å². The van der Waals surface area contributed by atoms with Crippen molar-refractivity contribution in [1.82, 2.24) is 9.62 Å². The van der Waals surface area contributed by atoms with Crippen molar-refractivity contribution in [2.75, 3.05) is 25.9 Å². The number of benzene rings is 1.